The van der Waals surface area contributed by atoms with Gasteiger partial charge in [0.15, 0.2) is 0 Å². The maximum Gasteiger partial charge on any atom is 0.141 e. The number of nitrogens with two attached hydrogens (primary N) is 1. The van der Waals surface area contributed by atoms with Gasteiger partial charge in [-0.2, -0.15) is 0 Å². The molecule has 0 aliphatic carbocycles. The number of anilines is 1. The van der Waals surface area contributed by atoms with Crippen molar-refractivity contribution in [2.24, 2.45) is 0 Å². The van der Waals surface area contributed by atoms with Crippen LogP contribution >= 0.6 is 11.6 Å². The number of nitrogen functional groups attached to an aromatic ring is 1. The van der Waals surface area contributed by atoms with E-state index >= 15 is 0 Å². The normalized spacial score (nSPS) is 10.7. The zero-order valence-electron chi connectivity index (χ0n) is 9.02. The Balaban J connectivity index is 3.43. The Bertz CT molecular complexity index is 348. The fourth-order valence-corrected chi connectivity index (χ4v) is 1.70. The van der Waals surface area contributed by atoms with Crippen LogP contribution in [0.5, 0.6) is 5.75 Å². The molecule has 0 saturated heterocycles. The quantitative estimate of drug-likeness (QED) is 0.765. The van der Waals surface area contributed by atoms with Gasteiger partial charge < -0.3 is 10.5 Å². The van der Waals surface area contributed by atoms with Crippen LogP contribution in [0.4, 0.5) is 5.69 Å². The molecule has 0 aliphatic heterocycles. The summed E-state index contributed by atoms with van der Waals surface area (Å²) < 4.78 is 5.29. The van der Waals surface area contributed by atoms with Gasteiger partial charge in [0.05, 0.1) is 12.1 Å². The van der Waals surface area contributed by atoms with Crippen LogP contribution in [0.3, 0.4) is 0 Å². The molecular formula is C11H16ClNO. The summed E-state index contributed by atoms with van der Waals surface area (Å²) in [6, 6.07) is 1.94. The number of rotatable bonds is 2. The predicted molar refractivity (Wildman–Crippen MR) is 61.2 cm³/mol. The first-order valence-corrected chi connectivity index (χ1v) is 4.99. The van der Waals surface area contributed by atoms with Crippen molar-refractivity contribution in [2.75, 3.05) is 12.8 Å². The Labute approximate surface area is 90.0 Å². The first-order valence-electron chi connectivity index (χ1n) is 4.61. The van der Waals surface area contributed by atoms with Gasteiger partial charge in [0.1, 0.15) is 5.75 Å². The second-order valence-corrected chi connectivity index (χ2v) is 4.06. The van der Waals surface area contributed by atoms with Crippen LogP contribution in [-0.2, 0) is 0 Å². The van der Waals surface area contributed by atoms with Crippen LogP contribution in [0.25, 0.3) is 0 Å². The van der Waals surface area contributed by atoms with E-state index in [1.165, 1.54) is 0 Å². The largest absolute Gasteiger partial charge is 0.495 e. The molecule has 0 fully saturated rings. The summed E-state index contributed by atoms with van der Waals surface area (Å²) in [6.45, 7) is 6.07. The molecule has 1 aromatic carbocycles. The molecule has 0 heterocycles. The van der Waals surface area contributed by atoms with Crippen molar-refractivity contribution in [2.45, 2.75) is 26.7 Å². The molecule has 0 unspecified atom stereocenters. The lowest BCUT2D eigenvalue weighted by molar-refractivity contribution is 0.407. The molecule has 2 N–H and O–H groups in total. The molecule has 0 aliphatic rings. The molecule has 2 nitrogen and oxygen atoms in total. The Kier molecular flexibility index (Phi) is 3.27. The van der Waals surface area contributed by atoms with Crippen molar-refractivity contribution >= 4 is 17.3 Å². The standard InChI is InChI=1S/C11H16ClNO/c1-6(2)8-5-9(13)7(3)10(12)11(8)14-4/h5-6H,13H2,1-4H3. The van der Waals surface area contributed by atoms with Gasteiger partial charge in [0, 0.05) is 11.3 Å². The van der Waals surface area contributed by atoms with Gasteiger partial charge in [0.2, 0.25) is 0 Å². The number of ether oxygens (including phenoxy) is 1. The van der Waals surface area contributed by atoms with Crippen LogP contribution < -0.4 is 10.5 Å². The van der Waals surface area contributed by atoms with E-state index < -0.39 is 0 Å². The Morgan fingerprint density at radius 2 is 2.00 bits per heavy atom. The van der Waals surface area contributed by atoms with Crippen molar-refractivity contribution in [1.29, 1.82) is 0 Å². The first kappa shape index (κ1) is 11.2. The minimum atomic E-state index is 0.352. The summed E-state index contributed by atoms with van der Waals surface area (Å²) in [5.41, 5.74) is 8.50. The third-order valence-electron chi connectivity index (χ3n) is 2.36. The highest BCUT2D eigenvalue weighted by atomic mass is 35.5. The van der Waals surface area contributed by atoms with E-state index in [1.54, 1.807) is 7.11 Å². The molecule has 0 radical (unpaired) electrons. The van der Waals surface area contributed by atoms with Crippen molar-refractivity contribution in [3.8, 4) is 5.75 Å². The third kappa shape index (κ3) is 1.80. The molecule has 1 aromatic rings. The summed E-state index contributed by atoms with van der Waals surface area (Å²) in [5.74, 6) is 1.10. The van der Waals surface area contributed by atoms with Crippen molar-refractivity contribution in [3.05, 3.63) is 22.2 Å². The average molecular weight is 214 g/mol. The molecule has 0 spiro atoms. The minimum Gasteiger partial charge on any atom is -0.495 e. The SMILES string of the molecule is COc1c(C(C)C)cc(N)c(C)c1Cl. The van der Waals surface area contributed by atoms with E-state index in [2.05, 4.69) is 13.8 Å². The molecule has 3 heteroatoms. The van der Waals surface area contributed by atoms with Crippen molar-refractivity contribution < 1.29 is 4.74 Å². The lowest BCUT2D eigenvalue weighted by Gasteiger charge is -2.16. The summed E-state index contributed by atoms with van der Waals surface area (Å²) in [5, 5.41) is 0.621. The van der Waals surface area contributed by atoms with E-state index in [9.17, 15) is 0 Å². The zero-order valence-corrected chi connectivity index (χ0v) is 9.77. The topological polar surface area (TPSA) is 35.2 Å². The third-order valence-corrected chi connectivity index (χ3v) is 2.82. The smallest absolute Gasteiger partial charge is 0.141 e. The summed E-state index contributed by atoms with van der Waals surface area (Å²) in [4.78, 5) is 0. The molecular weight excluding hydrogens is 198 g/mol. The van der Waals surface area contributed by atoms with E-state index in [1.807, 2.05) is 13.0 Å². The highest BCUT2D eigenvalue weighted by molar-refractivity contribution is 6.33. The van der Waals surface area contributed by atoms with Gasteiger partial charge in [0.25, 0.3) is 0 Å². The van der Waals surface area contributed by atoms with Crippen molar-refractivity contribution in [3.63, 3.8) is 0 Å². The monoisotopic (exact) mass is 213 g/mol. The highest BCUT2D eigenvalue weighted by Crippen LogP contribution is 2.38. The fourth-order valence-electron chi connectivity index (χ4n) is 1.40. The van der Waals surface area contributed by atoms with Gasteiger partial charge in [-0.25, -0.2) is 0 Å². The van der Waals surface area contributed by atoms with E-state index in [0.717, 1.165) is 22.6 Å². The molecule has 78 valence electrons. The van der Waals surface area contributed by atoms with E-state index in [0.29, 0.717) is 10.9 Å². The van der Waals surface area contributed by atoms with Crippen molar-refractivity contribution in [1.82, 2.24) is 0 Å². The Hall–Kier alpha value is -0.890. The van der Waals surface area contributed by atoms with E-state index in [-0.39, 0.29) is 0 Å². The van der Waals surface area contributed by atoms with Crippen LogP contribution in [-0.4, -0.2) is 7.11 Å². The highest BCUT2D eigenvalue weighted by Gasteiger charge is 2.15. The molecule has 0 bridgehead atoms. The number of hydrogen-bond acceptors (Lipinski definition) is 2. The molecule has 0 atom stereocenters. The Morgan fingerprint density at radius 1 is 1.43 bits per heavy atom. The molecule has 0 saturated carbocycles. The van der Waals surface area contributed by atoms with Crippen LogP contribution in [0.2, 0.25) is 5.02 Å². The number of hydrogen-bond donors (Lipinski definition) is 1. The second kappa shape index (κ2) is 4.09. The van der Waals surface area contributed by atoms with Gasteiger partial charge in [-0.15, -0.1) is 0 Å². The fraction of sp³-hybridized carbons (Fsp3) is 0.455. The lowest BCUT2D eigenvalue weighted by atomic mass is 9.99. The lowest BCUT2D eigenvalue weighted by Crippen LogP contribution is -2.00. The summed E-state index contributed by atoms with van der Waals surface area (Å²) in [7, 11) is 1.63. The van der Waals surface area contributed by atoms with Crippen LogP contribution in [0, 0.1) is 6.92 Å². The minimum absolute atomic E-state index is 0.352. The second-order valence-electron chi connectivity index (χ2n) is 3.68. The predicted octanol–water partition coefficient (Wildman–Crippen LogP) is 3.36. The van der Waals surface area contributed by atoms with Crippen LogP contribution in [0.1, 0.15) is 30.9 Å². The Morgan fingerprint density at radius 3 is 2.43 bits per heavy atom. The molecule has 14 heavy (non-hydrogen) atoms. The zero-order chi connectivity index (χ0) is 10.9. The maximum absolute atomic E-state index is 6.14. The molecule has 1 rings (SSSR count). The number of benzene rings is 1. The summed E-state index contributed by atoms with van der Waals surface area (Å²) in [6.07, 6.45) is 0. The van der Waals surface area contributed by atoms with Gasteiger partial charge in [-0.1, -0.05) is 25.4 Å². The number of halogens is 1. The van der Waals surface area contributed by atoms with Gasteiger partial charge >= 0.3 is 0 Å². The maximum atomic E-state index is 6.14. The summed E-state index contributed by atoms with van der Waals surface area (Å²) >= 11 is 6.14. The van der Waals surface area contributed by atoms with Crippen LogP contribution in [0.15, 0.2) is 6.07 Å². The van der Waals surface area contributed by atoms with Gasteiger partial charge in [-0.3, -0.25) is 0 Å². The average Bonchev–Trinajstić information content (AvgIpc) is 2.13. The van der Waals surface area contributed by atoms with E-state index in [4.69, 9.17) is 22.1 Å². The first-order chi connectivity index (χ1) is 6.49. The molecule has 0 amide bonds. The molecule has 0 aromatic heterocycles. The van der Waals surface area contributed by atoms with Gasteiger partial charge in [-0.05, 0) is 24.5 Å². The number of methoxy groups -OCH3 is 1.